The zero-order chi connectivity index (χ0) is 12.0. The second-order valence-corrected chi connectivity index (χ2v) is 4.11. The lowest BCUT2D eigenvalue weighted by Crippen LogP contribution is -2.34. The van der Waals surface area contributed by atoms with Crippen LogP contribution in [0.2, 0.25) is 0 Å². The second kappa shape index (κ2) is 3.18. The van der Waals surface area contributed by atoms with Crippen molar-refractivity contribution in [3.05, 3.63) is 47.8 Å². The summed E-state index contributed by atoms with van der Waals surface area (Å²) in [6, 6.07) is 7.11. The van der Waals surface area contributed by atoms with E-state index in [0.29, 0.717) is 16.8 Å². The first kappa shape index (κ1) is 10.0. The van der Waals surface area contributed by atoms with E-state index in [9.17, 15) is 9.90 Å². The van der Waals surface area contributed by atoms with Crippen LogP contribution in [-0.4, -0.2) is 20.8 Å². The van der Waals surface area contributed by atoms with Gasteiger partial charge in [-0.05, 0) is 6.07 Å². The molecular formula is C12H11N3O2. The summed E-state index contributed by atoms with van der Waals surface area (Å²) < 4.78 is 1.56. The molecule has 1 aromatic carbocycles. The molecule has 5 heteroatoms. The molecule has 0 fully saturated rings. The largest absolute Gasteiger partial charge is 0.372 e. The lowest BCUT2D eigenvalue weighted by atomic mass is 9.90. The Hall–Kier alpha value is -2.14. The molecule has 2 heterocycles. The monoisotopic (exact) mass is 229 g/mol. The number of amides is 1. The first-order valence-corrected chi connectivity index (χ1v) is 5.25. The Balaban J connectivity index is 2.23. The van der Waals surface area contributed by atoms with E-state index < -0.39 is 11.5 Å². The predicted octanol–water partition coefficient (Wildman–Crippen LogP) is 0.608. The van der Waals surface area contributed by atoms with E-state index in [1.54, 1.807) is 36.1 Å². The van der Waals surface area contributed by atoms with E-state index in [-0.39, 0.29) is 0 Å². The maximum atomic E-state index is 12.0. The highest BCUT2D eigenvalue weighted by Gasteiger charge is 2.47. The Labute approximate surface area is 97.7 Å². The maximum absolute atomic E-state index is 12.0. The third kappa shape index (κ3) is 1.23. The number of nitrogens with zero attached hydrogens (tertiary/aromatic N) is 2. The van der Waals surface area contributed by atoms with Crippen LogP contribution in [0.15, 0.2) is 36.7 Å². The Morgan fingerprint density at radius 1 is 1.41 bits per heavy atom. The summed E-state index contributed by atoms with van der Waals surface area (Å²) in [7, 11) is 1.74. The van der Waals surface area contributed by atoms with Crippen molar-refractivity contribution in [3.8, 4) is 0 Å². The van der Waals surface area contributed by atoms with Crippen LogP contribution in [0.4, 0.5) is 5.69 Å². The van der Waals surface area contributed by atoms with Crippen molar-refractivity contribution in [1.29, 1.82) is 0 Å². The van der Waals surface area contributed by atoms with Crippen molar-refractivity contribution < 1.29 is 9.90 Å². The van der Waals surface area contributed by atoms with Gasteiger partial charge in [-0.1, -0.05) is 18.2 Å². The third-order valence-corrected chi connectivity index (χ3v) is 3.02. The molecule has 0 saturated heterocycles. The first-order valence-electron chi connectivity index (χ1n) is 5.25. The van der Waals surface area contributed by atoms with Crippen molar-refractivity contribution in [2.75, 3.05) is 5.32 Å². The van der Waals surface area contributed by atoms with Gasteiger partial charge in [0.2, 0.25) is 0 Å². The Morgan fingerprint density at radius 3 is 2.88 bits per heavy atom. The molecule has 0 radical (unpaired) electrons. The molecule has 0 aliphatic carbocycles. The van der Waals surface area contributed by atoms with Crippen LogP contribution in [0.1, 0.15) is 11.1 Å². The Bertz CT molecular complexity index is 605. The number of rotatable bonds is 1. The second-order valence-electron chi connectivity index (χ2n) is 4.11. The van der Waals surface area contributed by atoms with Gasteiger partial charge in [0.1, 0.15) is 0 Å². The Kier molecular flexibility index (Phi) is 1.88. The number of aliphatic hydroxyl groups is 1. The average Bonchev–Trinajstić information content (AvgIpc) is 2.85. The van der Waals surface area contributed by atoms with Gasteiger partial charge in [0, 0.05) is 30.1 Å². The van der Waals surface area contributed by atoms with Crippen LogP contribution in [-0.2, 0) is 17.4 Å². The lowest BCUT2D eigenvalue weighted by Gasteiger charge is -2.18. The molecule has 0 saturated carbocycles. The number of carbonyl (C=O) groups excluding carboxylic acids is 1. The van der Waals surface area contributed by atoms with Crippen molar-refractivity contribution >= 4 is 11.6 Å². The number of benzene rings is 1. The molecule has 1 amide bonds. The van der Waals surface area contributed by atoms with Crippen molar-refractivity contribution in [2.45, 2.75) is 5.60 Å². The van der Waals surface area contributed by atoms with Crippen LogP contribution in [0, 0.1) is 0 Å². The van der Waals surface area contributed by atoms with Gasteiger partial charge in [-0.15, -0.1) is 0 Å². The van der Waals surface area contributed by atoms with Crippen molar-refractivity contribution in [3.63, 3.8) is 0 Å². The molecule has 3 rings (SSSR count). The number of aromatic nitrogens is 2. The molecule has 17 heavy (non-hydrogen) atoms. The fraction of sp³-hybridized carbons (Fsp3) is 0.167. The number of fused-ring (bicyclic) bond motifs is 1. The number of para-hydroxylation sites is 1. The maximum Gasteiger partial charge on any atom is 0.265 e. The normalized spacial score (nSPS) is 22.4. The van der Waals surface area contributed by atoms with Gasteiger partial charge in [0.25, 0.3) is 5.91 Å². The smallest absolute Gasteiger partial charge is 0.265 e. The summed E-state index contributed by atoms with van der Waals surface area (Å²) >= 11 is 0. The van der Waals surface area contributed by atoms with Crippen LogP contribution in [0.3, 0.4) is 0 Å². The van der Waals surface area contributed by atoms with Crippen LogP contribution in [0.5, 0.6) is 0 Å². The quantitative estimate of drug-likeness (QED) is 0.752. The van der Waals surface area contributed by atoms with Gasteiger partial charge < -0.3 is 10.4 Å². The summed E-state index contributed by atoms with van der Waals surface area (Å²) in [5.41, 5.74) is 0.0505. The van der Waals surface area contributed by atoms with E-state index >= 15 is 0 Å². The molecule has 2 N–H and O–H groups in total. The zero-order valence-corrected chi connectivity index (χ0v) is 9.21. The Morgan fingerprint density at radius 2 is 2.18 bits per heavy atom. The first-order chi connectivity index (χ1) is 8.12. The van der Waals surface area contributed by atoms with Gasteiger partial charge in [-0.2, -0.15) is 5.10 Å². The minimum Gasteiger partial charge on any atom is -0.372 e. The summed E-state index contributed by atoms with van der Waals surface area (Å²) in [4.78, 5) is 12.0. The van der Waals surface area contributed by atoms with E-state index in [4.69, 9.17) is 0 Å². The number of nitrogens with one attached hydrogen (secondary N) is 1. The summed E-state index contributed by atoms with van der Waals surface area (Å²) in [5.74, 6) is -0.438. The number of aryl methyl sites for hydroxylation is 1. The summed E-state index contributed by atoms with van der Waals surface area (Å²) in [5, 5.41) is 17.3. The minimum absolute atomic E-state index is 0.438. The molecular weight excluding hydrogens is 218 g/mol. The topological polar surface area (TPSA) is 67.2 Å². The van der Waals surface area contributed by atoms with Gasteiger partial charge in [0.05, 0.1) is 6.20 Å². The van der Waals surface area contributed by atoms with Crippen LogP contribution < -0.4 is 5.32 Å². The summed E-state index contributed by atoms with van der Waals surface area (Å²) in [6.07, 6.45) is 3.14. The highest BCUT2D eigenvalue weighted by Crippen LogP contribution is 2.40. The molecule has 1 aliphatic heterocycles. The fourth-order valence-corrected chi connectivity index (χ4v) is 2.14. The van der Waals surface area contributed by atoms with Crippen LogP contribution in [0.25, 0.3) is 0 Å². The van der Waals surface area contributed by atoms with Gasteiger partial charge in [-0.3, -0.25) is 9.48 Å². The highest BCUT2D eigenvalue weighted by atomic mass is 16.3. The fourth-order valence-electron chi connectivity index (χ4n) is 2.14. The molecule has 86 valence electrons. The number of hydrogen-bond acceptors (Lipinski definition) is 3. The molecule has 0 bridgehead atoms. The van der Waals surface area contributed by atoms with Crippen molar-refractivity contribution in [2.24, 2.45) is 7.05 Å². The third-order valence-electron chi connectivity index (χ3n) is 3.02. The molecule has 2 aromatic rings. The highest BCUT2D eigenvalue weighted by molar-refractivity contribution is 6.07. The van der Waals surface area contributed by atoms with Gasteiger partial charge >= 0.3 is 0 Å². The molecule has 1 aromatic heterocycles. The minimum atomic E-state index is -1.63. The predicted molar refractivity (Wildman–Crippen MR) is 61.3 cm³/mol. The standard InChI is InChI=1S/C12H11N3O2/c1-15-7-8(6-13-15)12(17)9-4-2-3-5-10(9)14-11(12)16/h2-7,17H,1H3,(H,14,16). The summed E-state index contributed by atoms with van der Waals surface area (Å²) in [6.45, 7) is 0. The number of anilines is 1. The number of carbonyl (C=O) groups is 1. The zero-order valence-electron chi connectivity index (χ0n) is 9.21. The average molecular weight is 229 g/mol. The molecule has 5 nitrogen and oxygen atoms in total. The lowest BCUT2D eigenvalue weighted by molar-refractivity contribution is -0.129. The van der Waals surface area contributed by atoms with Gasteiger partial charge in [0.15, 0.2) is 5.60 Å². The SMILES string of the molecule is Cn1cc(C2(O)C(=O)Nc3ccccc32)cn1. The van der Waals surface area contributed by atoms with E-state index in [1.807, 2.05) is 6.07 Å². The number of hydrogen-bond donors (Lipinski definition) is 2. The van der Waals surface area contributed by atoms with Gasteiger partial charge in [-0.25, -0.2) is 0 Å². The molecule has 1 atom stereocenters. The van der Waals surface area contributed by atoms with E-state index in [1.165, 1.54) is 6.20 Å². The van der Waals surface area contributed by atoms with Crippen molar-refractivity contribution in [1.82, 2.24) is 9.78 Å². The molecule has 1 unspecified atom stereocenters. The van der Waals surface area contributed by atoms with E-state index in [2.05, 4.69) is 10.4 Å². The molecule has 1 aliphatic rings. The van der Waals surface area contributed by atoms with E-state index in [0.717, 1.165) is 0 Å². The molecule has 0 spiro atoms. The van der Waals surface area contributed by atoms with Crippen LogP contribution >= 0.6 is 0 Å².